The predicted octanol–water partition coefficient (Wildman–Crippen LogP) is 1.63. The number of ether oxygens (including phenoxy) is 1. The van der Waals surface area contributed by atoms with E-state index in [1.54, 1.807) is 0 Å². The maximum atomic E-state index is 9.86. The van der Waals surface area contributed by atoms with Gasteiger partial charge in [-0.1, -0.05) is 0 Å². The predicted molar refractivity (Wildman–Crippen MR) is 81.9 cm³/mol. The van der Waals surface area contributed by atoms with Gasteiger partial charge in [-0.3, -0.25) is 0 Å². The smallest absolute Gasteiger partial charge is 0.0667 e. The molecule has 0 saturated carbocycles. The van der Waals surface area contributed by atoms with Crippen LogP contribution < -0.4 is 5.32 Å². The number of rotatable bonds is 4. The van der Waals surface area contributed by atoms with Gasteiger partial charge in [0.1, 0.15) is 0 Å². The Morgan fingerprint density at radius 3 is 2.75 bits per heavy atom. The zero-order valence-electron chi connectivity index (χ0n) is 13.5. The average molecular weight is 284 g/mol. The second-order valence-corrected chi connectivity index (χ2v) is 7.79. The van der Waals surface area contributed by atoms with Crippen molar-refractivity contribution in [3.63, 3.8) is 0 Å². The minimum absolute atomic E-state index is 0.138. The Labute approximate surface area is 123 Å². The summed E-state index contributed by atoms with van der Waals surface area (Å²) in [5, 5.41) is 13.5. The first-order valence-corrected chi connectivity index (χ1v) is 8.12. The number of hydrogen-bond acceptors (Lipinski definition) is 4. The van der Waals surface area contributed by atoms with Gasteiger partial charge in [-0.25, -0.2) is 0 Å². The van der Waals surface area contributed by atoms with Crippen LogP contribution in [0, 0.1) is 5.41 Å². The Morgan fingerprint density at radius 2 is 2.15 bits per heavy atom. The fourth-order valence-electron chi connectivity index (χ4n) is 3.33. The van der Waals surface area contributed by atoms with Crippen LogP contribution in [0.1, 0.15) is 46.5 Å². The van der Waals surface area contributed by atoms with Crippen molar-refractivity contribution in [2.24, 2.45) is 5.41 Å². The summed E-state index contributed by atoms with van der Waals surface area (Å²) in [6, 6.07) is 0. The first kappa shape index (κ1) is 16.2. The van der Waals surface area contributed by atoms with E-state index in [0.717, 1.165) is 58.7 Å². The first-order valence-electron chi connectivity index (χ1n) is 8.12. The average Bonchev–Trinajstić information content (AvgIpc) is 2.37. The minimum atomic E-state index is -0.138. The molecule has 20 heavy (non-hydrogen) atoms. The Balaban J connectivity index is 1.95. The molecule has 2 atom stereocenters. The van der Waals surface area contributed by atoms with E-state index >= 15 is 0 Å². The molecule has 2 saturated heterocycles. The van der Waals surface area contributed by atoms with E-state index in [-0.39, 0.29) is 17.1 Å². The second kappa shape index (κ2) is 6.73. The van der Waals surface area contributed by atoms with Gasteiger partial charge in [0.05, 0.1) is 12.7 Å². The molecule has 0 bridgehead atoms. The van der Waals surface area contributed by atoms with Gasteiger partial charge in [-0.2, -0.15) is 0 Å². The zero-order valence-corrected chi connectivity index (χ0v) is 13.5. The van der Waals surface area contributed by atoms with E-state index in [2.05, 4.69) is 31.0 Å². The Morgan fingerprint density at radius 1 is 1.35 bits per heavy atom. The SMILES string of the molecule is CC(C)(C)NCC1(CN2CCCC(O)C2)CCCOC1. The summed E-state index contributed by atoms with van der Waals surface area (Å²) in [6.07, 6.45) is 4.32. The maximum absolute atomic E-state index is 9.86. The molecule has 0 spiro atoms. The summed E-state index contributed by atoms with van der Waals surface area (Å²) in [5.74, 6) is 0. The van der Waals surface area contributed by atoms with E-state index in [1.807, 2.05) is 0 Å². The van der Waals surface area contributed by atoms with Crippen LogP contribution in [0.3, 0.4) is 0 Å². The van der Waals surface area contributed by atoms with Gasteiger partial charge in [0.15, 0.2) is 0 Å². The van der Waals surface area contributed by atoms with Gasteiger partial charge in [-0.05, 0) is 53.0 Å². The van der Waals surface area contributed by atoms with Crippen LogP contribution in [-0.4, -0.2) is 61.0 Å². The molecule has 0 radical (unpaired) electrons. The highest BCUT2D eigenvalue weighted by Crippen LogP contribution is 2.30. The van der Waals surface area contributed by atoms with E-state index in [9.17, 15) is 5.11 Å². The summed E-state index contributed by atoms with van der Waals surface area (Å²) in [4.78, 5) is 2.44. The monoisotopic (exact) mass is 284 g/mol. The molecular weight excluding hydrogens is 252 g/mol. The van der Waals surface area contributed by atoms with Crippen molar-refractivity contribution in [2.75, 3.05) is 39.4 Å². The number of aliphatic hydroxyl groups excluding tert-OH is 1. The molecule has 2 heterocycles. The fraction of sp³-hybridized carbons (Fsp3) is 1.00. The summed E-state index contributed by atoms with van der Waals surface area (Å²) < 4.78 is 5.79. The van der Waals surface area contributed by atoms with Crippen molar-refractivity contribution in [3.05, 3.63) is 0 Å². The van der Waals surface area contributed by atoms with E-state index in [0.29, 0.717) is 0 Å². The molecule has 2 fully saturated rings. The molecule has 0 aromatic rings. The maximum Gasteiger partial charge on any atom is 0.0667 e. The lowest BCUT2D eigenvalue weighted by Crippen LogP contribution is -2.54. The topological polar surface area (TPSA) is 44.7 Å². The third kappa shape index (κ3) is 4.99. The number of nitrogens with one attached hydrogen (secondary N) is 1. The molecule has 4 nitrogen and oxygen atoms in total. The van der Waals surface area contributed by atoms with Crippen LogP contribution in [0.2, 0.25) is 0 Å². The molecule has 2 N–H and O–H groups in total. The summed E-state index contributed by atoms with van der Waals surface area (Å²) in [7, 11) is 0. The van der Waals surface area contributed by atoms with Crippen LogP contribution >= 0.6 is 0 Å². The van der Waals surface area contributed by atoms with Crippen LogP contribution in [0.4, 0.5) is 0 Å². The highest BCUT2D eigenvalue weighted by molar-refractivity contribution is 4.90. The molecule has 0 aromatic carbocycles. The minimum Gasteiger partial charge on any atom is -0.392 e. The Bertz CT molecular complexity index is 295. The number of likely N-dealkylation sites (tertiary alicyclic amines) is 1. The summed E-state index contributed by atoms with van der Waals surface area (Å²) >= 11 is 0. The van der Waals surface area contributed by atoms with Crippen molar-refractivity contribution in [2.45, 2.75) is 58.1 Å². The number of nitrogens with zero attached hydrogens (tertiary/aromatic N) is 1. The molecule has 0 aliphatic carbocycles. The molecule has 2 rings (SSSR count). The third-order valence-corrected chi connectivity index (χ3v) is 4.44. The lowest BCUT2D eigenvalue weighted by Gasteiger charge is -2.44. The molecule has 4 heteroatoms. The molecule has 0 aromatic heterocycles. The van der Waals surface area contributed by atoms with Crippen LogP contribution in [0.15, 0.2) is 0 Å². The highest BCUT2D eigenvalue weighted by Gasteiger charge is 2.36. The zero-order chi connectivity index (χ0) is 14.6. The van der Waals surface area contributed by atoms with Crippen LogP contribution in [-0.2, 0) is 4.74 Å². The Kier molecular flexibility index (Phi) is 5.46. The lowest BCUT2D eigenvalue weighted by molar-refractivity contribution is -0.0409. The Hall–Kier alpha value is -0.160. The fourth-order valence-corrected chi connectivity index (χ4v) is 3.33. The number of β-amino-alcohol motifs (C(OH)–C–C–N with tert-alkyl or cyclic N) is 1. The largest absolute Gasteiger partial charge is 0.392 e. The van der Waals surface area contributed by atoms with E-state index in [4.69, 9.17) is 4.74 Å². The van der Waals surface area contributed by atoms with Crippen molar-refractivity contribution < 1.29 is 9.84 Å². The number of piperidine rings is 1. The van der Waals surface area contributed by atoms with Crippen molar-refractivity contribution in [1.29, 1.82) is 0 Å². The van der Waals surface area contributed by atoms with Gasteiger partial charge >= 0.3 is 0 Å². The quantitative estimate of drug-likeness (QED) is 0.823. The van der Waals surface area contributed by atoms with Gasteiger partial charge < -0.3 is 20.1 Å². The molecule has 2 aliphatic heterocycles. The van der Waals surface area contributed by atoms with Crippen molar-refractivity contribution in [1.82, 2.24) is 10.2 Å². The molecule has 0 amide bonds. The van der Waals surface area contributed by atoms with E-state index in [1.165, 1.54) is 6.42 Å². The van der Waals surface area contributed by atoms with E-state index < -0.39 is 0 Å². The molecule has 2 unspecified atom stereocenters. The van der Waals surface area contributed by atoms with Crippen LogP contribution in [0.5, 0.6) is 0 Å². The normalized spacial score (nSPS) is 33.3. The number of aliphatic hydroxyl groups is 1. The van der Waals surface area contributed by atoms with Crippen molar-refractivity contribution >= 4 is 0 Å². The lowest BCUT2D eigenvalue weighted by atomic mass is 9.80. The first-order chi connectivity index (χ1) is 9.39. The summed E-state index contributed by atoms with van der Waals surface area (Å²) in [6.45, 7) is 12.4. The van der Waals surface area contributed by atoms with Gasteiger partial charge in [-0.15, -0.1) is 0 Å². The number of hydrogen-bond donors (Lipinski definition) is 2. The molecule has 118 valence electrons. The standard InChI is InChI=1S/C16H32N2O2/c1-15(2,3)17-11-16(7-5-9-20-13-16)12-18-8-4-6-14(19)10-18/h14,17,19H,4-13H2,1-3H3. The second-order valence-electron chi connectivity index (χ2n) is 7.79. The molecular formula is C16H32N2O2. The van der Waals surface area contributed by atoms with Gasteiger partial charge in [0, 0.05) is 37.2 Å². The van der Waals surface area contributed by atoms with Crippen molar-refractivity contribution in [3.8, 4) is 0 Å². The van der Waals surface area contributed by atoms with Gasteiger partial charge in [0.25, 0.3) is 0 Å². The van der Waals surface area contributed by atoms with Crippen LogP contribution in [0.25, 0.3) is 0 Å². The third-order valence-electron chi connectivity index (χ3n) is 4.44. The highest BCUT2D eigenvalue weighted by atomic mass is 16.5. The molecule has 2 aliphatic rings. The summed E-state index contributed by atoms with van der Waals surface area (Å²) in [5.41, 5.74) is 0.356. The van der Waals surface area contributed by atoms with Gasteiger partial charge in [0.2, 0.25) is 0 Å².